The minimum absolute atomic E-state index is 0.154. The summed E-state index contributed by atoms with van der Waals surface area (Å²) in [5.41, 5.74) is -0.766. The van der Waals surface area contributed by atoms with Crippen molar-refractivity contribution in [1.29, 1.82) is 0 Å². The molecule has 138 valence electrons. The molecule has 0 bridgehead atoms. The standard InChI is InChI=1S/C17H19ClF3NO3/c1-4-22(10-11(2)16(24)25-3)15(23)8-6-12-5-7-14(18)13(9-12)17(19,20)21/h5-9,11H,4,10H2,1-3H3/b8-6+. The van der Waals surface area contributed by atoms with Crippen LogP contribution in [0.2, 0.25) is 5.02 Å². The van der Waals surface area contributed by atoms with Gasteiger partial charge in [0.1, 0.15) is 0 Å². The average molecular weight is 378 g/mol. The van der Waals surface area contributed by atoms with E-state index in [4.69, 9.17) is 11.6 Å². The Morgan fingerprint density at radius 3 is 2.52 bits per heavy atom. The zero-order valence-corrected chi connectivity index (χ0v) is 14.8. The van der Waals surface area contributed by atoms with E-state index in [1.54, 1.807) is 13.8 Å². The summed E-state index contributed by atoms with van der Waals surface area (Å²) in [5.74, 6) is -1.36. The van der Waals surface area contributed by atoms with E-state index in [1.807, 2.05) is 0 Å². The van der Waals surface area contributed by atoms with Crippen molar-refractivity contribution in [2.45, 2.75) is 20.0 Å². The van der Waals surface area contributed by atoms with Crippen LogP contribution >= 0.6 is 11.6 Å². The first-order chi connectivity index (χ1) is 11.6. The fourth-order valence-electron chi connectivity index (χ4n) is 2.12. The van der Waals surface area contributed by atoms with Crippen LogP contribution in [0.25, 0.3) is 6.08 Å². The Kier molecular flexibility index (Phi) is 7.48. The molecule has 1 aromatic carbocycles. The Morgan fingerprint density at radius 1 is 1.36 bits per heavy atom. The number of hydrogen-bond donors (Lipinski definition) is 0. The molecular formula is C17H19ClF3NO3. The SMILES string of the molecule is CCN(CC(C)C(=O)OC)C(=O)/C=C/c1ccc(Cl)c(C(F)(F)F)c1. The molecule has 0 saturated heterocycles. The van der Waals surface area contributed by atoms with Crippen LogP contribution in [-0.4, -0.2) is 37.0 Å². The molecule has 1 unspecified atom stereocenters. The van der Waals surface area contributed by atoms with Gasteiger partial charge in [0.2, 0.25) is 5.91 Å². The molecule has 0 fully saturated rings. The largest absolute Gasteiger partial charge is 0.469 e. The number of ether oxygens (including phenoxy) is 1. The van der Waals surface area contributed by atoms with Gasteiger partial charge in [-0.15, -0.1) is 0 Å². The monoisotopic (exact) mass is 377 g/mol. The number of methoxy groups -OCH3 is 1. The highest BCUT2D eigenvalue weighted by atomic mass is 35.5. The highest BCUT2D eigenvalue weighted by molar-refractivity contribution is 6.31. The minimum Gasteiger partial charge on any atom is -0.469 e. The van der Waals surface area contributed by atoms with Crippen molar-refractivity contribution >= 4 is 29.6 Å². The summed E-state index contributed by atoms with van der Waals surface area (Å²) in [5, 5.41) is -0.405. The number of alkyl halides is 3. The van der Waals surface area contributed by atoms with Crippen LogP contribution in [0.4, 0.5) is 13.2 Å². The normalized spacial score (nSPS) is 12.9. The second kappa shape index (κ2) is 8.89. The van der Waals surface area contributed by atoms with Gasteiger partial charge >= 0.3 is 12.1 Å². The molecule has 1 amide bonds. The molecule has 0 radical (unpaired) electrons. The molecule has 0 aliphatic rings. The van der Waals surface area contributed by atoms with E-state index in [-0.39, 0.29) is 12.1 Å². The average Bonchev–Trinajstić information content (AvgIpc) is 2.56. The zero-order chi connectivity index (χ0) is 19.2. The molecule has 0 aliphatic carbocycles. The van der Waals surface area contributed by atoms with Crippen molar-refractivity contribution in [1.82, 2.24) is 4.90 Å². The third-order valence-corrected chi connectivity index (χ3v) is 3.83. The van der Waals surface area contributed by atoms with Gasteiger partial charge in [-0.2, -0.15) is 13.2 Å². The van der Waals surface area contributed by atoms with Crippen LogP contribution in [-0.2, 0) is 20.5 Å². The summed E-state index contributed by atoms with van der Waals surface area (Å²) in [4.78, 5) is 25.0. The summed E-state index contributed by atoms with van der Waals surface area (Å²) in [6, 6.07) is 3.39. The van der Waals surface area contributed by atoms with Gasteiger partial charge in [-0.3, -0.25) is 9.59 Å². The Hall–Kier alpha value is -2.02. The summed E-state index contributed by atoms with van der Waals surface area (Å²) in [7, 11) is 1.26. The number of rotatable bonds is 6. The Balaban J connectivity index is 2.89. The van der Waals surface area contributed by atoms with Crippen molar-refractivity contribution in [2.75, 3.05) is 20.2 Å². The topological polar surface area (TPSA) is 46.6 Å². The Bertz CT molecular complexity index is 659. The summed E-state index contributed by atoms with van der Waals surface area (Å²) >= 11 is 5.55. The predicted molar refractivity (Wildman–Crippen MR) is 88.9 cm³/mol. The lowest BCUT2D eigenvalue weighted by atomic mass is 10.1. The number of halogens is 4. The van der Waals surface area contributed by atoms with Crippen molar-refractivity contribution in [3.05, 3.63) is 40.4 Å². The molecule has 8 heteroatoms. The fraction of sp³-hybridized carbons (Fsp3) is 0.412. The van der Waals surface area contributed by atoms with Crippen molar-refractivity contribution in [3.63, 3.8) is 0 Å². The number of likely N-dealkylation sites (N-methyl/N-ethyl adjacent to an activating group) is 1. The van der Waals surface area contributed by atoms with Gasteiger partial charge in [0.25, 0.3) is 0 Å². The lowest BCUT2D eigenvalue weighted by Gasteiger charge is -2.22. The molecule has 1 rings (SSSR count). The van der Waals surface area contributed by atoms with Crippen molar-refractivity contribution in [2.24, 2.45) is 5.92 Å². The second-order valence-electron chi connectivity index (χ2n) is 5.37. The first kappa shape index (κ1) is 21.0. The number of carbonyl (C=O) groups is 2. The van der Waals surface area contributed by atoms with Crippen LogP contribution in [0.3, 0.4) is 0 Å². The molecule has 0 aromatic heterocycles. The molecule has 0 saturated carbocycles. The van der Waals surface area contributed by atoms with E-state index < -0.39 is 34.6 Å². The number of nitrogens with zero attached hydrogens (tertiary/aromatic N) is 1. The first-order valence-electron chi connectivity index (χ1n) is 7.51. The van der Waals surface area contributed by atoms with Crippen LogP contribution in [0.15, 0.2) is 24.3 Å². The molecule has 0 spiro atoms. The molecule has 25 heavy (non-hydrogen) atoms. The van der Waals surface area contributed by atoms with E-state index in [9.17, 15) is 22.8 Å². The molecule has 1 atom stereocenters. The van der Waals surface area contributed by atoms with Crippen LogP contribution in [0, 0.1) is 5.92 Å². The van der Waals surface area contributed by atoms with Gasteiger partial charge in [-0.1, -0.05) is 24.6 Å². The van der Waals surface area contributed by atoms with Gasteiger partial charge in [0, 0.05) is 19.2 Å². The lowest BCUT2D eigenvalue weighted by Crippen LogP contribution is -2.36. The Labute approximate surface area is 149 Å². The van der Waals surface area contributed by atoms with Crippen LogP contribution < -0.4 is 0 Å². The van der Waals surface area contributed by atoms with Gasteiger partial charge in [-0.05, 0) is 30.7 Å². The lowest BCUT2D eigenvalue weighted by molar-refractivity contribution is -0.146. The molecular weight excluding hydrogens is 359 g/mol. The summed E-state index contributed by atoms with van der Waals surface area (Å²) in [6.45, 7) is 3.86. The maximum absolute atomic E-state index is 12.8. The van der Waals surface area contributed by atoms with Crippen LogP contribution in [0.5, 0.6) is 0 Å². The summed E-state index contributed by atoms with van der Waals surface area (Å²) < 4.78 is 43.1. The fourth-order valence-corrected chi connectivity index (χ4v) is 2.34. The van der Waals surface area contributed by atoms with E-state index in [0.717, 1.165) is 18.2 Å². The highest BCUT2D eigenvalue weighted by Gasteiger charge is 2.33. The molecule has 0 heterocycles. The maximum atomic E-state index is 12.8. The molecule has 0 aliphatic heterocycles. The van der Waals surface area contributed by atoms with Gasteiger partial charge in [0.15, 0.2) is 0 Å². The van der Waals surface area contributed by atoms with Gasteiger partial charge < -0.3 is 9.64 Å². The van der Waals surface area contributed by atoms with Gasteiger partial charge in [-0.25, -0.2) is 0 Å². The number of carbonyl (C=O) groups excluding carboxylic acids is 2. The van der Waals surface area contributed by atoms with E-state index in [2.05, 4.69) is 4.74 Å². The summed E-state index contributed by atoms with van der Waals surface area (Å²) in [6.07, 6.45) is -2.13. The third kappa shape index (κ3) is 6.08. The first-order valence-corrected chi connectivity index (χ1v) is 7.89. The number of hydrogen-bond acceptors (Lipinski definition) is 3. The Morgan fingerprint density at radius 2 is 2.00 bits per heavy atom. The quantitative estimate of drug-likeness (QED) is 0.555. The van der Waals surface area contributed by atoms with E-state index >= 15 is 0 Å². The number of benzene rings is 1. The minimum atomic E-state index is -4.57. The predicted octanol–water partition coefficient (Wildman–Crippen LogP) is 4.03. The second-order valence-corrected chi connectivity index (χ2v) is 5.78. The van der Waals surface area contributed by atoms with E-state index in [1.165, 1.54) is 24.2 Å². The van der Waals surface area contributed by atoms with Crippen molar-refractivity contribution < 1.29 is 27.5 Å². The smallest absolute Gasteiger partial charge is 0.417 e. The molecule has 4 nitrogen and oxygen atoms in total. The highest BCUT2D eigenvalue weighted by Crippen LogP contribution is 2.35. The van der Waals surface area contributed by atoms with Crippen molar-refractivity contribution in [3.8, 4) is 0 Å². The molecule has 1 aromatic rings. The van der Waals surface area contributed by atoms with Gasteiger partial charge in [0.05, 0.1) is 23.6 Å². The van der Waals surface area contributed by atoms with Crippen LogP contribution in [0.1, 0.15) is 25.0 Å². The number of amides is 1. The molecule has 0 N–H and O–H groups in total. The number of esters is 1. The van der Waals surface area contributed by atoms with E-state index in [0.29, 0.717) is 6.54 Å². The third-order valence-electron chi connectivity index (χ3n) is 3.51. The zero-order valence-electron chi connectivity index (χ0n) is 14.1. The maximum Gasteiger partial charge on any atom is 0.417 e.